The molecule has 2 bridgehead atoms. The summed E-state index contributed by atoms with van der Waals surface area (Å²) in [5, 5.41) is 0. The van der Waals surface area contributed by atoms with E-state index < -0.39 is 7.94 Å². The molecular formula is C14H25O4P. The Labute approximate surface area is 115 Å². The van der Waals surface area contributed by atoms with E-state index in [1.54, 1.807) is 0 Å². The Bertz CT molecular complexity index is 389. The zero-order valence-corrected chi connectivity index (χ0v) is 13.1. The van der Waals surface area contributed by atoms with Gasteiger partial charge >= 0.3 is 115 Å². The van der Waals surface area contributed by atoms with Gasteiger partial charge in [0.1, 0.15) is 0 Å². The fraction of sp³-hybridized carbons (Fsp3) is 0.786. The summed E-state index contributed by atoms with van der Waals surface area (Å²) in [6.45, 7) is 2.17. The first-order valence-corrected chi connectivity index (χ1v) is 8.96. The molecule has 0 heterocycles. The minimum absolute atomic E-state index is 0.0417. The molecule has 0 aromatic carbocycles. The number of hydrogen-bond acceptors (Lipinski definition) is 4. The van der Waals surface area contributed by atoms with E-state index in [2.05, 4.69) is 13.0 Å². The predicted molar refractivity (Wildman–Crippen MR) is 77.2 cm³/mol. The third-order valence-electron chi connectivity index (χ3n) is 4.56. The molecular weight excluding hydrogens is 263 g/mol. The van der Waals surface area contributed by atoms with Gasteiger partial charge in [-0.2, -0.15) is 0 Å². The molecule has 110 valence electrons. The van der Waals surface area contributed by atoms with Gasteiger partial charge in [-0.05, 0) is 0 Å². The van der Waals surface area contributed by atoms with Crippen LogP contribution in [0, 0.1) is 11.3 Å². The molecule has 4 nitrogen and oxygen atoms in total. The van der Waals surface area contributed by atoms with Crippen molar-refractivity contribution in [1.29, 1.82) is 0 Å². The molecule has 0 amide bonds. The SMILES string of the molecule is CO[PH](O)(CC(=O)C12CCCC(=CC(C)C1)C2)OC. The second-order valence-corrected chi connectivity index (χ2v) is 8.63. The fourth-order valence-electron chi connectivity index (χ4n) is 3.63. The van der Waals surface area contributed by atoms with E-state index in [1.165, 1.54) is 19.8 Å². The van der Waals surface area contributed by atoms with Gasteiger partial charge < -0.3 is 0 Å². The van der Waals surface area contributed by atoms with Gasteiger partial charge in [0.15, 0.2) is 0 Å². The summed E-state index contributed by atoms with van der Waals surface area (Å²) in [5.74, 6) is 0.579. The Morgan fingerprint density at radius 2 is 2.21 bits per heavy atom. The molecule has 2 unspecified atom stereocenters. The van der Waals surface area contributed by atoms with Gasteiger partial charge in [-0.1, -0.05) is 0 Å². The molecule has 2 atom stereocenters. The number of carbonyl (C=O) groups is 1. The van der Waals surface area contributed by atoms with Crippen LogP contribution < -0.4 is 0 Å². The van der Waals surface area contributed by atoms with Crippen LogP contribution in [0.1, 0.15) is 39.0 Å². The zero-order chi connectivity index (χ0) is 14.1. The van der Waals surface area contributed by atoms with Crippen LogP contribution in [0.25, 0.3) is 0 Å². The Morgan fingerprint density at radius 3 is 2.84 bits per heavy atom. The van der Waals surface area contributed by atoms with Crippen molar-refractivity contribution in [3.05, 3.63) is 11.6 Å². The van der Waals surface area contributed by atoms with E-state index in [0.29, 0.717) is 5.92 Å². The van der Waals surface area contributed by atoms with Crippen LogP contribution in [0.3, 0.4) is 0 Å². The van der Waals surface area contributed by atoms with Crippen LogP contribution in [0.15, 0.2) is 11.6 Å². The van der Waals surface area contributed by atoms with Gasteiger partial charge in [-0.25, -0.2) is 0 Å². The normalized spacial score (nSPS) is 31.8. The number of ketones is 1. The van der Waals surface area contributed by atoms with E-state index in [9.17, 15) is 9.69 Å². The van der Waals surface area contributed by atoms with Crippen molar-refractivity contribution in [3.8, 4) is 0 Å². The van der Waals surface area contributed by atoms with Crippen molar-refractivity contribution in [2.75, 3.05) is 20.4 Å². The average molecular weight is 288 g/mol. The van der Waals surface area contributed by atoms with Crippen molar-refractivity contribution >= 4 is 13.7 Å². The monoisotopic (exact) mass is 288 g/mol. The Kier molecular flexibility index (Phi) is 4.46. The van der Waals surface area contributed by atoms with Crippen LogP contribution in [0.5, 0.6) is 0 Å². The molecule has 0 aromatic rings. The molecule has 1 saturated carbocycles. The van der Waals surface area contributed by atoms with E-state index >= 15 is 0 Å². The molecule has 5 heteroatoms. The molecule has 2 aliphatic rings. The standard InChI is InChI=1S/C14H25O4P/c1-11-7-12-5-4-6-14(8-11,9-12)13(15)10-19(16,17-2)18-3/h7,11,16,19H,4-6,8-10H2,1-3H3. The summed E-state index contributed by atoms with van der Waals surface area (Å²) in [4.78, 5) is 22.8. The molecule has 0 radical (unpaired) electrons. The molecule has 2 aliphatic carbocycles. The first-order chi connectivity index (χ1) is 8.93. The van der Waals surface area contributed by atoms with Crippen LogP contribution >= 0.6 is 7.94 Å². The first-order valence-electron chi connectivity index (χ1n) is 6.98. The fourth-order valence-corrected chi connectivity index (χ4v) is 4.87. The van der Waals surface area contributed by atoms with Gasteiger partial charge in [0, 0.05) is 0 Å². The Morgan fingerprint density at radius 1 is 1.53 bits per heavy atom. The first kappa shape index (κ1) is 15.1. The van der Waals surface area contributed by atoms with Crippen LogP contribution in [-0.2, 0) is 13.8 Å². The van der Waals surface area contributed by atoms with Crippen molar-refractivity contribution < 1.29 is 18.7 Å². The number of rotatable bonds is 5. The third kappa shape index (κ3) is 3.08. The number of hydrogen-bond donors (Lipinski definition) is 1. The van der Waals surface area contributed by atoms with Crippen molar-refractivity contribution in [3.63, 3.8) is 0 Å². The van der Waals surface area contributed by atoms with E-state index in [0.717, 1.165) is 32.1 Å². The van der Waals surface area contributed by atoms with Crippen molar-refractivity contribution in [1.82, 2.24) is 0 Å². The number of allylic oxidation sites excluding steroid dienone is 2. The predicted octanol–water partition coefficient (Wildman–Crippen LogP) is 2.86. The van der Waals surface area contributed by atoms with Crippen molar-refractivity contribution in [2.24, 2.45) is 11.3 Å². The Hall–Kier alpha value is -0.280. The van der Waals surface area contributed by atoms with Gasteiger partial charge in [0.05, 0.1) is 0 Å². The maximum atomic E-state index is 12.7. The molecule has 19 heavy (non-hydrogen) atoms. The molecule has 2 rings (SSSR count). The number of fused-ring (bicyclic) bond motifs is 2. The van der Waals surface area contributed by atoms with Crippen molar-refractivity contribution in [2.45, 2.75) is 39.0 Å². The summed E-state index contributed by atoms with van der Waals surface area (Å²) in [6.07, 6.45) is 7.26. The van der Waals surface area contributed by atoms with Gasteiger partial charge in [-0.15, -0.1) is 0 Å². The number of Topliss-reactive ketones (excluding diaryl/α,β-unsaturated/α-hetero) is 1. The molecule has 0 aromatic heterocycles. The molecule has 0 spiro atoms. The summed E-state index contributed by atoms with van der Waals surface area (Å²) >= 11 is 0. The zero-order valence-electron chi connectivity index (χ0n) is 12.1. The van der Waals surface area contributed by atoms with Crippen LogP contribution in [0.4, 0.5) is 0 Å². The van der Waals surface area contributed by atoms with Crippen LogP contribution in [0.2, 0.25) is 0 Å². The summed E-state index contributed by atoms with van der Waals surface area (Å²) in [7, 11) is -0.470. The van der Waals surface area contributed by atoms with E-state index in [-0.39, 0.29) is 17.4 Å². The topological polar surface area (TPSA) is 55.8 Å². The second-order valence-electron chi connectivity index (χ2n) is 6.04. The summed E-state index contributed by atoms with van der Waals surface area (Å²) < 4.78 is 10.1. The van der Waals surface area contributed by atoms with Gasteiger partial charge in [0.25, 0.3) is 0 Å². The van der Waals surface area contributed by atoms with Gasteiger partial charge in [0.2, 0.25) is 0 Å². The average Bonchev–Trinajstić information content (AvgIpc) is 2.37. The minimum atomic E-state index is -3.30. The molecule has 1 N–H and O–H groups in total. The maximum absolute atomic E-state index is 12.7. The van der Waals surface area contributed by atoms with E-state index in [4.69, 9.17) is 9.05 Å². The third-order valence-corrected chi connectivity index (χ3v) is 6.61. The van der Waals surface area contributed by atoms with E-state index in [1.807, 2.05) is 0 Å². The van der Waals surface area contributed by atoms with Gasteiger partial charge in [-0.3, -0.25) is 0 Å². The molecule has 1 fully saturated rings. The summed E-state index contributed by atoms with van der Waals surface area (Å²) in [6, 6.07) is 0. The summed E-state index contributed by atoms with van der Waals surface area (Å²) in [5.41, 5.74) is 1.14. The van der Waals surface area contributed by atoms with Crippen LogP contribution in [-0.4, -0.2) is 31.1 Å². The molecule has 0 saturated heterocycles. The Balaban J connectivity index is 2.16. The second kappa shape index (κ2) is 5.61. The molecule has 0 aliphatic heterocycles. The quantitative estimate of drug-likeness (QED) is 0.624. The number of carbonyl (C=O) groups excluding carboxylic acids is 1.